The van der Waals surface area contributed by atoms with E-state index in [1.807, 2.05) is 0 Å². The second-order valence-electron chi connectivity index (χ2n) is 7.12. The smallest absolute Gasteiger partial charge is 0.338 e. The molecule has 1 aliphatic heterocycles. The molecule has 0 amide bonds. The third-order valence-electron chi connectivity index (χ3n) is 4.76. The Hall–Kier alpha value is -4.61. The fourth-order valence-electron chi connectivity index (χ4n) is 3.36. The predicted molar refractivity (Wildman–Crippen MR) is 107 cm³/mol. The average Bonchev–Trinajstić information content (AvgIpc) is 2.70. The van der Waals surface area contributed by atoms with Crippen molar-refractivity contribution in [2.45, 2.75) is 25.0 Å². The molecule has 0 saturated carbocycles. The van der Waals surface area contributed by atoms with E-state index in [0.29, 0.717) is 6.08 Å². The molecule has 12 nitrogen and oxygen atoms in total. The maximum Gasteiger partial charge on any atom is 0.338 e. The first kappa shape index (κ1) is 23.1. The first-order chi connectivity index (χ1) is 15.5. The van der Waals surface area contributed by atoms with Crippen LogP contribution in [0.4, 0.5) is 0 Å². The third-order valence-corrected chi connectivity index (χ3v) is 4.76. The lowest BCUT2D eigenvalue weighted by Crippen LogP contribution is -2.42. The van der Waals surface area contributed by atoms with Gasteiger partial charge in [-0.3, -0.25) is 4.79 Å². The third kappa shape index (κ3) is 5.01. The number of hydrogen-bond donors (Lipinski definition) is 7. The number of esters is 1. The number of benzene rings is 2. The maximum atomic E-state index is 12.7. The Morgan fingerprint density at radius 1 is 0.970 bits per heavy atom. The molecule has 1 aliphatic rings. The summed E-state index contributed by atoms with van der Waals surface area (Å²) in [7, 11) is 0. The van der Waals surface area contributed by atoms with E-state index in [1.54, 1.807) is 0 Å². The summed E-state index contributed by atoms with van der Waals surface area (Å²) in [5.41, 5.74) is -0.565. The van der Waals surface area contributed by atoms with Crippen LogP contribution in [0.1, 0.15) is 22.3 Å². The Balaban J connectivity index is 2.03. The van der Waals surface area contributed by atoms with E-state index in [2.05, 4.69) is 0 Å². The molecule has 174 valence electrons. The lowest BCUT2D eigenvalue weighted by molar-refractivity contribution is -0.136. The molecule has 3 rings (SSSR count). The molecule has 2 aromatic carbocycles. The highest BCUT2D eigenvalue weighted by atomic mass is 16.6. The summed E-state index contributed by atoms with van der Waals surface area (Å²) in [6.45, 7) is 0. The normalized spacial score (nSPS) is 17.5. The second-order valence-corrected chi connectivity index (χ2v) is 7.12. The molecular weight excluding hydrogens is 444 g/mol. The van der Waals surface area contributed by atoms with Crippen LogP contribution in [0.2, 0.25) is 0 Å². The van der Waals surface area contributed by atoms with Gasteiger partial charge in [-0.05, 0) is 17.7 Å². The van der Waals surface area contributed by atoms with Crippen molar-refractivity contribution in [3.8, 4) is 34.5 Å². The summed E-state index contributed by atoms with van der Waals surface area (Å²) in [6.07, 6.45) is -3.25. The maximum absolute atomic E-state index is 12.7. The van der Waals surface area contributed by atoms with E-state index in [-0.39, 0.29) is 34.6 Å². The molecule has 12 heteroatoms. The monoisotopic (exact) mass is 462 g/mol. The number of phenolic OH excluding ortho intramolecular Hbond substituents is 5. The van der Waals surface area contributed by atoms with Crippen molar-refractivity contribution in [1.82, 2.24) is 0 Å². The van der Waals surface area contributed by atoms with Crippen molar-refractivity contribution in [1.29, 1.82) is 0 Å². The zero-order chi connectivity index (χ0) is 24.4. The first-order valence-corrected chi connectivity index (χ1v) is 9.28. The number of carbonyl (C=O) groups excluding carboxylic acids is 1. The highest BCUT2D eigenvalue weighted by molar-refractivity contribution is 5.91. The number of aliphatic carboxylic acids is 2. The summed E-state index contributed by atoms with van der Waals surface area (Å²) < 4.78 is 11.0. The van der Waals surface area contributed by atoms with Crippen LogP contribution in [-0.2, 0) is 20.7 Å². The van der Waals surface area contributed by atoms with Gasteiger partial charge < -0.3 is 45.2 Å². The van der Waals surface area contributed by atoms with Crippen molar-refractivity contribution < 1.29 is 59.6 Å². The molecule has 2 atom stereocenters. The van der Waals surface area contributed by atoms with Crippen LogP contribution in [-0.4, -0.2) is 65.9 Å². The zero-order valence-corrected chi connectivity index (χ0v) is 16.6. The van der Waals surface area contributed by atoms with Gasteiger partial charge in [0.15, 0.2) is 23.4 Å². The Morgan fingerprint density at radius 3 is 2.18 bits per heavy atom. The van der Waals surface area contributed by atoms with Crippen molar-refractivity contribution in [3.05, 3.63) is 47.0 Å². The number of phenols is 5. The summed E-state index contributed by atoms with van der Waals surface area (Å²) >= 11 is 0. The SMILES string of the molecule is O=C(O)/C=C(\CC(=O)O)[C@H]1Oc2cc(O)cc(O)c2C[C@H]1OC(=O)c1cc(O)c(O)c(O)c1. The molecular formula is C21H18O12. The van der Waals surface area contributed by atoms with Crippen molar-refractivity contribution >= 4 is 17.9 Å². The van der Waals surface area contributed by atoms with Gasteiger partial charge in [-0.25, -0.2) is 9.59 Å². The number of aromatic hydroxyl groups is 5. The number of rotatable bonds is 6. The van der Waals surface area contributed by atoms with E-state index in [1.165, 1.54) is 0 Å². The Kier molecular flexibility index (Phi) is 6.19. The van der Waals surface area contributed by atoms with Gasteiger partial charge in [0.05, 0.1) is 12.0 Å². The Labute approximate surface area is 184 Å². The standard InChI is InChI=1S/C21H18O12/c22-10-5-12(23)11-7-16(33-21(31)9-1-13(24)19(30)14(25)2-9)20(32-15(11)6-10)8(3-17(26)27)4-18(28)29/h1-3,5-6,16,20,22-25,30H,4,7H2,(H,26,27)(H,28,29)/b8-3+/t16-,20-/m1/s1. The van der Waals surface area contributed by atoms with Gasteiger partial charge in [-0.15, -0.1) is 0 Å². The minimum atomic E-state index is -1.49. The fraction of sp³-hybridized carbons (Fsp3) is 0.190. The van der Waals surface area contributed by atoms with Crippen LogP contribution >= 0.6 is 0 Å². The number of carboxylic acids is 2. The summed E-state index contributed by atoms with van der Waals surface area (Å²) in [4.78, 5) is 35.2. The van der Waals surface area contributed by atoms with Crippen LogP contribution in [0.15, 0.2) is 35.9 Å². The Morgan fingerprint density at radius 2 is 1.61 bits per heavy atom. The number of hydrogen-bond acceptors (Lipinski definition) is 10. The number of carboxylic acid groups (broad SMARTS) is 2. The number of carbonyl (C=O) groups is 3. The minimum Gasteiger partial charge on any atom is -0.508 e. The first-order valence-electron chi connectivity index (χ1n) is 9.28. The van der Waals surface area contributed by atoms with Crippen LogP contribution in [0.25, 0.3) is 0 Å². The van der Waals surface area contributed by atoms with Gasteiger partial charge in [0, 0.05) is 30.2 Å². The molecule has 1 heterocycles. The molecule has 33 heavy (non-hydrogen) atoms. The average molecular weight is 462 g/mol. The van der Waals surface area contributed by atoms with Crippen molar-refractivity contribution in [2.75, 3.05) is 0 Å². The summed E-state index contributed by atoms with van der Waals surface area (Å²) in [5.74, 6) is -7.37. The topological polar surface area (TPSA) is 211 Å². The van der Waals surface area contributed by atoms with E-state index in [9.17, 15) is 45.0 Å². The summed E-state index contributed by atoms with van der Waals surface area (Å²) in [5, 5.41) is 66.9. The van der Waals surface area contributed by atoms with Crippen LogP contribution < -0.4 is 4.74 Å². The molecule has 2 aromatic rings. The van der Waals surface area contributed by atoms with Gasteiger partial charge in [0.2, 0.25) is 0 Å². The fourth-order valence-corrected chi connectivity index (χ4v) is 3.36. The van der Waals surface area contributed by atoms with E-state index < -0.39 is 59.5 Å². The molecule has 7 N–H and O–H groups in total. The highest BCUT2D eigenvalue weighted by Crippen LogP contribution is 2.41. The molecule has 0 bridgehead atoms. The lowest BCUT2D eigenvalue weighted by atomic mass is 9.92. The lowest BCUT2D eigenvalue weighted by Gasteiger charge is -2.34. The van der Waals surface area contributed by atoms with Gasteiger partial charge in [0.1, 0.15) is 23.4 Å². The number of fused-ring (bicyclic) bond motifs is 1. The van der Waals surface area contributed by atoms with Gasteiger partial charge in [-0.2, -0.15) is 0 Å². The van der Waals surface area contributed by atoms with Gasteiger partial charge in [0.25, 0.3) is 0 Å². The molecule has 0 saturated heterocycles. The molecule has 0 fully saturated rings. The highest BCUT2D eigenvalue weighted by Gasteiger charge is 2.38. The molecule has 0 aliphatic carbocycles. The number of ether oxygens (including phenoxy) is 2. The van der Waals surface area contributed by atoms with E-state index in [0.717, 1.165) is 24.3 Å². The van der Waals surface area contributed by atoms with Crippen LogP contribution in [0.5, 0.6) is 34.5 Å². The largest absolute Gasteiger partial charge is 0.508 e. The summed E-state index contributed by atoms with van der Waals surface area (Å²) in [6, 6.07) is 3.74. The van der Waals surface area contributed by atoms with Gasteiger partial charge >= 0.3 is 17.9 Å². The van der Waals surface area contributed by atoms with Crippen molar-refractivity contribution in [3.63, 3.8) is 0 Å². The Bertz CT molecular complexity index is 1140. The zero-order valence-electron chi connectivity index (χ0n) is 16.6. The second kappa shape index (κ2) is 8.86. The molecule has 0 spiro atoms. The van der Waals surface area contributed by atoms with Crippen LogP contribution in [0.3, 0.4) is 0 Å². The van der Waals surface area contributed by atoms with E-state index in [4.69, 9.17) is 14.6 Å². The predicted octanol–water partition coefficient (Wildman–Crippen LogP) is 1.23. The molecule has 0 aromatic heterocycles. The van der Waals surface area contributed by atoms with E-state index >= 15 is 0 Å². The van der Waals surface area contributed by atoms with Crippen LogP contribution in [0, 0.1) is 0 Å². The van der Waals surface area contributed by atoms with Gasteiger partial charge in [-0.1, -0.05) is 0 Å². The minimum absolute atomic E-state index is 0.0774. The molecule has 0 unspecified atom stereocenters. The quantitative estimate of drug-likeness (QED) is 0.183. The molecule has 0 radical (unpaired) electrons. The van der Waals surface area contributed by atoms with Crippen molar-refractivity contribution in [2.24, 2.45) is 0 Å².